The molecular weight excluding hydrogens is 324 g/mol. The Hall–Kier alpha value is -2.33. The van der Waals surface area contributed by atoms with Crippen molar-refractivity contribution in [2.24, 2.45) is 0 Å². The van der Waals surface area contributed by atoms with Crippen molar-refractivity contribution in [3.05, 3.63) is 64.2 Å². The molecule has 0 fully saturated rings. The Labute approximate surface area is 146 Å². The molecule has 1 unspecified atom stereocenters. The Morgan fingerprint density at radius 2 is 1.88 bits per heavy atom. The molecule has 5 heteroatoms. The van der Waals surface area contributed by atoms with Crippen LogP contribution in [0, 0.1) is 6.92 Å². The Balaban J connectivity index is 1.71. The van der Waals surface area contributed by atoms with Crippen molar-refractivity contribution in [3.63, 3.8) is 0 Å². The second-order valence-corrected chi connectivity index (χ2v) is 6.51. The normalized spacial score (nSPS) is 14.2. The van der Waals surface area contributed by atoms with Crippen LogP contribution in [0.3, 0.4) is 0 Å². The van der Waals surface area contributed by atoms with Gasteiger partial charge in [-0.05, 0) is 61.7 Å². The smallest absolute Gasteiger partial charge is 0.251 e. The summed E-state index contributed by atoms with van der Waals surface area (Å²) in [5, 5.41) is 3.33. The van der Waals surface area contributed by atoms with Crippen molar-refractivity contribution in [2.75, 3.05) is 11.4 Å². The number of carbonyl (C=O) groups is 2. The van der Waals surface area contributed by atoms with Crippen LogP contribution in [0.4, 0.5) is 5.69 Å². The Morgan fingerprint density at radius 1 is 1.17 bits per heavy atom. The van der Waals surface area contributed by atoms with Crippen LogP contribution in [0.25, 0.3) is 0 Å². The summed E-state index contributed by atoms with van der Waals surface area (Å²) in [5.74, 6) is -0.377. The minimum atomic E-state index is -0.598. The number of halogens is 1. The zero-order chi connectivity index (χ0) is 17.3. The standard InChI is InChI=1S/C19H19ClN2O2/c1-12-3-4-14-9-10-22(17(14)11-12)19(24)13(2)21-18(23)15-5-7-16(20)8-6-15/h3-8,11,13H,9-10H2,1-2H3,(H,21,23). The van der Waals surface area contributed by atoms with E-state index in [9.17, 15) is 9.59 Å². The first-order valence-corrected chi connectivity index (χ1v) is 8.31. The first-order valence-electron chi connectivity index (χ1n) is 7.93. The highest BCUT2D eigenvalue weighted by Gasteiger charge is 2.28. The van der Waals surface area contributed by atoms with Crippen molar-refractivity contribution in [1.82, 2.24) is 5.32 Å². The molecule has 0 radical (unpaired) electrons. The fraction of sp³-hybridized carbons (Fsp3) is 0.263. The van der Waals surface area contributed by atoms with Gasteiger partial charge < -0.3 is 10.2 Å². The number of nitrogens with zero attached hydrogens (tertiary/aromatic N) is 1. The van der Waals surface area contributed by atoms with Crippen LogP contribution in [-0.4, -0.2) is 24.4 Å². The molecule has 0 saturated heterocycles. The number of amides is 2. The van der Waals surface area contributed by atoms with Crippen LogP contribution in [-0.2, 0) is 11.2 Å². The first-order chi connectivity index (χ1) is 11.5. The highest BCUT2D eigenvalue weighted by molar-refractivity contribution is 6.30. The predicted molar refractivity (Wildman–Crippen MR) is 95.6 cm³/mol. The van der Waals surface area contributed by atoms with E-state index < -0.39 is 6.04 Å². The number of nitrogens with one attached hydrogen (secondary N) is 1. The molecule has 2 aromatic carbocycles. The van der Waals surface area contributed by atoms with Gasteiger partial charge in [-0.2, -0.15) is 0 Å². The van der Waals surface area contributed by atoms with Gasteiger partial charge in [0.1, 0.15) is 6.04 Å². The minimum absolute atomic E-state index is 0.0957. The lowest BCUT2D eigenvalue weighted by atomic mass is 10.1. The van der Waals surface area contributed by atoms with Crippen LogP contribution in [0.15, 0.2) is 42.5 Å². The summed E-state index contributed by atoms with van der Waals surface area (Å²) in [6.45, 7) is 4.37. The molecular formula is C19H19ClN2O2. The van der Waals surface area contributed by atoms with E-state index in [2.05, 4.69) is 17.4 Å². The van der Waals surface area contributed by atoms with Gasteiger partial charge in [-0.25, -0.2) is 0 Å². The van der Waals surface area contributed by atoms with Crippen LogP contribution in [0.2, 0.25) is 5.02 Å². The molecule has 1 N–H and O–H groups in total. The lowest BCUT2D eigenvalue weighted by Gasteiger charge is -2.22. The zero-order valence-electron chi connectivity index (χ0n) is 13.7. The molecule has 24 heavy (non-hydrogen) atoms. The topological polar surface area (TPSA) is 49.4 Å². The van der Waals surface area contributed by atoms with E-state index >= 15 is 0 Å². The quantitative estimate of drug-likeness (QED) is 0.929. The van der Waals surface area contributed by atoms with Gasteiger partial charge in [-0.3, -0.25) is 9.59 Å². The lowest BCUT2D eigenvalue weighted by molar-refractivity contribution is -0.119. The molecule has 0 saturated carbocycles. The van der Waals surface area contributed by atoms with Gasteiger partial charge in [0, 0.05) is 22.8 Å². The Morgan fingerprint density at radius 3 is 2.58 bits per heavy atom. The van der Waals surface area contributed by atoms with Crippen molar-refractivity contribution in [3.8, 4) is 0 Å². The predicted octanol–water partition coefficient (Wildman–Crippen LogP) is 3.36. The molecule has 1 aliphatic heterocycles. The maximum absolute atomic E-state index is 12.7. The molecule has 3 rings (SSSR count). The monoisotopic (exact) mass is 342 g/mol. The third-order valence-corrected chi connectivity index (χ3v) is 4.48. The summed E-state index contributed by atoms with van der Waals surface area (Å²) >= 11 is 5.83. The molecule has 1 heterocycles. The van der Waals surface area contributed by atoms with Crippen molar-refractivity contribution < 1.29 is 9.59 Å². The SMILES string of the molecule is Cc1ccc2c(c1)N(C(=O)C(C)NC(=O)c1ccc(Cl)cc1)CC2. The minimum Gasteiger partial charge on any atom is -0.341 e. The van der Waals surface area contributed by atoms with E-state index in [-0.39, 0.29) is 11.8 Å². The van der Waals surface area contributed by atoms with Gasteiger partial charge >= 0.3 is 0 Å². The summed E-state index contributed by atoms with van der Waals surface area (Å²) < 4.78 is 0. The maximum Gasteiger partial charge on any atom is 0.251 e. The van der Waals surface area contributed by atoms with E-state index in [4.69, 9.17) is 11.6 Å². The molecule has 2 amide bonds. The van der Waals surface area contributed by atoms with Crippen LogP contribution < -0.4 is 10.2 Å². The van der Waals surface area contributed by atoms with E-state index in [1.165, 1.54) is 5.56 Å². The number of hydrogen-bond donors (Lipinski definition) is 1. The molecule has 1 aliphatic rings. The van der Waals surface area contributed by atoms with Gasteiger partial charge in [-0.1, -0.05) is 23.7 Å². The molecule has 0 bridgehead atoms. The summed E-state index contributed by atoms with van der Waals surface area (Å²) in [6, 6.07) is 12.1. The Kier molecular flexibility index (Phi) is 4.58. The number of anilines is 1. The number of rotatable bonds is 3. The fourth-order valence-electron chi connectivity index (χ4n) is 2.89. The molecule has 0 aliphatic carbocycles. The molecule has 2 aromatic rings. The van der Waals surface area contributed by atoms with Crippen LogP contribution in [0.1, 0.15) is 28.4 Å². The number of hydrogen-bond acceptors (Lipinski definition) is 2. The van der Waals surface area contributed by atoms with E-state index in [1.807, 2.05) is 13.0 Å². The summed E-state index contributed by atoms with van der Waals surface area (Å²) in [5.41, 5.74) is 3.72. The van der Waals surface area contributed by atoms with E-state index in [0.29, 0.717) is 17.1 Å². The average molecular weight is 343 g/mol. The number of fused-ring (bicyclic) bond motifs is 1. The van der Waals surface area contributed by atoms with E-state index in [0.717, 1.165) is 17.7 Å². The molecule has 0 spiro atoms. The second-order valence-electron chi connectivity index (χ2n) is 6.07. The van der Waals surface area contributed by atoms with Gasteiger partial charge in [0.15, 0.2) is 0 Å². The molecule has 1 atom stereocenters. The summed E-state index contributed by atoms with van der Waals surface area (Å²) in [7, 11) is 0. The highest BCUT2D eigenvalue weighted by atomic mass is 35.5. The molecule has 124 valence electrons. The van der Waals surface area contributed by atoms with Crippen molar-refractivity contribution in [2.45, 2.75) is 26.3 Å². The lowest BCUT2D eigenvalue weighted by Crippen LogP contribution is -2.46. The molecule has 4 nitrogen and oxygen atoms in total. The van der Waals surface area contributed by atoms with Crippen molar-refractivity contribution >= 4 is 29.1 Å². The first kappa shape index (κ1) is 16.5. The fourth-order valence-corrected chi connectivity index (χ4v) is 3.02. The molecule has 0 aromatic heterocycles. The van der Waals surface area contributed by atoms with E-state index in [1.54, 1.807) is 36.1 Å². The summed E-state index contributed by atoms with van der Waals surface area (Å²) in [6.07, 6.45) is 0.846. The third-order valence-electron chi connectivity index (χ3n) is 4.23. The number of benzene rings is 2. The highest BCUT2D eigenvalue weighted by Crippen LogP contribution is 2.29. The van der Waals surface area contributed by atoms with Crippen molar-refractivity contribution in [1.29, 1.82) is 0 Å². The van der Waals surface area contributed by atoms with Gasteiger partial charge in [0.05, 0.1) is 0 Å². The summed E-state index contributed by atoms with van der Waals surface area (Å²) in [4.78, 5) is 26.7. The third kappa shape index (κ3) is 3.29. The zero-order valence-corrected chi connectivity index (χ0v) is 14.4. The van der Waals surface area contributed by atoms with Gasteiger partial charge in [0.25, 0.3) is 5.91 Å². The Bertz CT molecular complexity index is 786. The largest absolute Gasteiger partial charge is 0.341 e. The van der Waals surface area contributed by atoms with Crippen LogP contribution >= 0.6 is 11.6 Å². The van der Waals surface area contributed by atoms with Gasteiger partial charge in [0.2, 0.25) is 5.91 Å². The number of aryl methyl sites for hydroxylation is 1. The average Bonchev–Trinajstić information content (AvgIpc) is 2.97. The second kappa shape index (κ2) is 6.65. The van der Waals surface area contributed by atoms with Gasteiger partial charge in [-0.15, -0.1) is 0 Å². The van der Waals surface area contributed by atoms with Crippen LogP contribution in [0.5, 0.6) is 0 Å². The number of carbonyl (C=O) groups excluding carboxylic acids is 2. The maximum atomic E-state index is 12.7.